The van der Waals surface area contributed by atoms with Crippen molar-refractivity contribution in [1.29, 1.82) is 0 Å². The Labute approximate surface area is 99.6 Å². The van der Waals surface area contributed by atoms with Gasteiger partial charge in [0.05, 0.1) is 17.2 Å². The predicted octanol–water partition coefficient (Wildman–Crippen LogP) is 0.671. The highest BCUT2D eigenvalue weighted by Crippen LogP contribution is 2.28. The Morgan fingerprint density at radius 2 is 2.28 bits per heavy atom. The molecule has 0 atom stereocenters. The minimum atomic E-state index is -0.710. The van der Waals surface area contributed by atoms with Gasteiger partial charge >= 0.3 is 0 Å². The normalized spacial score (nSPS) is 10.0. The Balaban J connectivity index is 2.29. The fourth-order valence-corrected chi connectivity index (χ4v) is 1.27. The van der Waals surface area contributed by atoms with E-state index in [1.54, 1.807) is 0 Å². The largest absolute Gasteiger partial charge is 0.508 e. The summed E-state index contributed by atoms with van der Waals surface area (Å²) in [6, 6.07) is 3.40. The number of aromatic amines is 1. The molecule has 9 heteroatoms. The van der Waals surface area contributed by atoms with E-state index in [1.807, 2.05) is 0 Å². The van der Waals surface area contributed by atoms with Crippen molar-refractivity contribution in [1.82, 2.24) is 15.4 Å². The smallest absolute Gasteiger partial charge is 0.296 e. The standard InChI is InChI=1S/C9H7N5O4/c15-5-1-2-6(8(3-5)14(17)18)11-9(16)7-4-10-13-12-7/h1-4,15H,(H,11,16)(H,10,12,13). The van der Waals surface area contributed by atoms with Crippen LogP contribution in [0.25, 0.3) is 0 Å². The van der Waals surface area contributed by atoms with Crippen LogP contribution in [-0.2, 0) is 0 Å². The number of amides is 1. The number of rotatable bonds is 3. The number of hydrogen-bond acceptors (Lipinski definition) is 6. The summed E-state index contributed by atoms with van der Waals surface area (Å²) < 4.78 is 0. The molecule has 0 radical (unpaired) electrons. The lowest BCUT2D eigenvalue weighted by atomic mass is 10.2. The predicted molar refractivity (Wildman–Crippen MR) is 59.1 cm³/mol. The summed E-state index contributed by atoms with van der Waals surface area (Å²) in [7, 11) is 0. The zero-order valence-electron chi connectivity index (χ0n) is 8.82. The highest BCUT2D eigenvalue weighted by molar-refractivity contribution is 6.03. The number of aromatic nitrogens is 3. The minimum absolute atomic E-state index is 0.00243. The van der Waals surface area contributed by atoms with Crippen molar-refractivity contribution in [2.75, 3.05) is 5.32 Å². The molecule has 0 bridgehead atoms. The van der Waals surface area contributed by atoms with Crippen molar-refractivity contribution in [2.24, 2.45) is 0 Å². The summed E-state index contributed by atoms with van der Waals surface area (Å²) in [4.78, 5) is 21.7. The summed E-state index contributed by atoms with van der Waals surface area (Å²) in [5.74, 6) is -0.904. The van der Waals surface area contributed by atoms with E-state index in [1.165, 1.54) is 18.3 Å². The molecule has 0 unspecified atom stereocenters. The molecule has 9 nitrogen and oxygen atoms in total. The molecule has 2 aromatic rings. The van der Waals surface area contributed by atoms with E-state index in [-0.39, 0.29) is 17.1 Å². The van der Waals surface area contributed by atoms with E-state index in [0.29, 0.717) is 0 Å². The molecule has 1 aromatic heterocycles. The second-order valence-electron chi connectivity index (χ2n) is 3.27. The number of carbonyl (C=O) groups excluding carboxylic acids is 1. The maximum atomic E-state index is 11.6. The van der Waals surface area contributed by atoms with Crippen LogP contribution in [0.5, 0.6) is 5.75 Å². The van der Waals surface area contributed by atoms with Crippen LogP contribution in [0.4, 0.5) is 11.4 Å². The molecule has 0 spiro atoms. The Morgan fingerprint density at radius 3 is 2.89 bits per heavy atom. The molecule has 0 aliphatic heterocycles. The van der Waals surface area contributed by atoms with Crippen LogP contribution in [0, 0.1) is 10.1 Å². The third kappa shape index (κ3) is 2.24. The van der Waals surface area contributed by atoms with Gasteiger partial charge in [-0.3, -0.25) is 14.9 Å². The van der Waals surface area contributed by atoms with Gasteiger partial charge < -0.3 is 10.4 Å². The lowest BCUT2D eigenvalue weighted by Crippen LogP contribution is -2.13. The van der Waals surface area contributed by atoms with E-state index in [0.717, 1.165) is 6.07 Å². The van der Waals surface area contributed by atoms with Gasteiger partial charge in [-0.1, -0.05) is 0 Å². The number of nitrogens with one attached hydrogen (secondary N) is 2. The molecular weight excluding hydrogens is 242 g/mol. The summed E-state index contributed by atoms with van der Waals surface area (Å²) in [6.07, 6.45) is 1.18. The molecule has 0 fully saturated rings. The molecule has 1 heterocycles. The first-order valence-electron chi connectivity index (χ1n) is 4.72. The quantitative estimate of drug-likeness (QED) is 0.415. The van der Waals surface area contributed by atoms with Gasteiger partial charge in [0.25, 0.3) is 11.6 Å². The van der Waals surface area contributed by atoms with Gasteiger partial charge in [0.1, 0.15) is 11.4 Å². The van der Waals surface area contributed by atoms with Crippen LogP contribution in [0.2, 0.25) is 0 Å². The van der Waals surface area contributed by atoms with Gasteiger partial charge in [0.15, 0.2) is 5.69 Å². The third-order valence-electron chi connectivity index (χ3n) is 2.07. The van der Waals surface area contributed by atoms with E-state index in [4.69, 9.17) is 5.11 Å². The lowest BCUT2D eigenvalue weighted by molar-refractivity contribution is -0.384. The minimum Gasteiger partial charge on any atom is -0.508 e. The number of nitro benzene ring substituents is 1. The Hall–Kier alpha value is -2.97. The van der Waals surface area contributed by atoms with Gasteiger partial charge in [-0.25, -0.2) is 0 Å². The second-order valence-corrected chi connectivity index (χ2v) is 3.27. The molecule has 0 aliphatic carbocycles. The summed E-state index contributed by atoms with van der Waals surface area (Å²) >= 11 is 0. The first-order valence-corrected chi connectivity index (χ1v) is 4.72. The molecular formula is C9H7N5O4. The zero-order valence-corrected chi connectivity index (χ0v) is 8.82. The number of benzene rings is 1. The van der Waals surface area contributed by atoms with E-state index < -0.39 is 16.5 Å². The number of nitro groups is 1. The van der Waals surface area contributed by atoms with Crippen molar-refractivity contribution < 1.29 is 14.8 Å². The topological polar surface area (TPSA) is 134 Å². The summed E-state index contributed by atoms with van der Waals surface area (Å²) in [5, 5.41) is 31.4. The average molecular weight is 249 g/mol. The Morgan fingerprint density at radius 1 is 1.50 bits per heavy atom. The van der Waals surface area contributed by atoms with E-state index in [9.17, 15) is 14.9 Å². The number of phenolic OH excluding ortho intramolecular Hbond substituents is 1. The first kappa shape index (κ1) is 11.5. The van der Waals surface area contributed by atoms with Gasteiger partial charge in [-0.2, -0.15) is 15.4 Å². The van der Waals surface area contributed by atoms with Crippen LogP contribution in [0.1, 0.15) is 10.5 Å². The summed E-state index contributed by atoms with van der Waals surface area (Å²) in [6.45, 7) is 0. The van der Waals surface area contributed by atoms with E-state index in [2.05, 4.69) is 20.7 Å². The van der Waals surface area contributed by atoms with Crippen LogP contribution >= 0.6 is 0 Å². The van der Waals surface area contributed by atoms with Crippen molar-refractivity contribution in [2.45, 2.75) is 0 Å². The fourth-order valence-electron chi connectivity index (χ4n) is 1.27. The fraction of sp³-hybridized carbons (Fsp3) is 0. The molecule has 0 saturated heterocycles. The second kappa shape index (κ2) is 4.49. The van der Waals surface area contributed by atoms with Gasteiger partial charge in [-0.15, -0.1) is 0 Å². The van der Waals surface area contributed by atoms with Crippen molar-refractivity contribution >= 4 is 17.3 Å². The molecule has 0 aliphatic rings. The highest BCUT2D eigenvalue weighted by atomic mass is 16.6. The SMILES string of the molecule is O=C(Nc1ccc(O)cc1[N+](=O)[O-])c1cn[nH]n1. The summed E-state index contributed by atoms with van der Waals surface area (Å²) in [5.41, 5.74) is -0.449. The van der Waals surface area contributed by atoms with Gasteiger partial charge in [-0.05, 0) is 12.1 Å². The molecule has 2 rings (SSSR count). The number of phenols is 1. The molecule has 1 amide bonds. The average Bonchev–Trinajstić information content (AvgIpc) is 2.84. The zero-order chi connectivity index (χ0) is 13.1. The molecule has 0 saturated carbocycles. The monoisotopic (exact) mass is 249 g/mol. The number of anilines is 1. The van der Waals surface area contributed by atoms with E-state index >= 15 is 0 Å². The van der Waals surface area contributed by atoms with Crippen molar-refractivity contribution in [3.05, 3.63) is 40.2 Å². The maximum Gasteiger partial charge on any atom is 0.296 e. The van der Waals surface area contributed by atoms with Crippen LogP contribution in [0.3, 0.4) is 0 Å². The maximum absolute atomic E-state index is 11.6. The molecule has 18 heavy (non-hydrogen) atoms. The molecule has 92 valence electrons. The first-order chi connectivity index (χ1) is 8.58. The van der Waals surface area contributed by atoms with Crippen molar-refractivity contribution in [3.8, 4) is 5.75 Å². The number of hydrogen-bond donors (Lipinski definition) is 3. The lowest BCUT2D eigenvalue weighted by Gasteiger charge is -2.04. The highest BCUT2D eigenvalue weighted by Gasteiger charge is 2.18. The number of aromatic hydroxyl groups is 1. The molecule has 3 N–H and O–H groups in total. The van der Waals surface area contributed by atoms with Crippen LogP contribution in [0.15, 0.2) is 24.4 Å². The number of H-pyrrole nitrogens is 1. The Bertz CT molecular complexity index is 595. The molecule has 1 aromatic carbocycles. The van der Waals surface area contributed by atoms with Crippen LogP contribution in [-0.4, -0.2) is 31.3 Å². The van der Waals surface area contributed by atoms with Gasteiger partial charge in [0.2, 0.25) is 0 Å². The van der Waals surface area contributed by atoms with Gasteiger partial charge in [0, 0.05) is 0 Å². The van der Waals surface area contributed by atoms with Crippen LogP contribution < -0.4 is 5.32 Å². The van der Waals surface area contributed by atoms with Crippen molar-refractivity contribution in [3.63, 3.8) is 0 Å². The number of carbonyl (C=O) groups is 1. The third-order valence-corrected chi connectivity index (χ3v) is 2.07. The Kier molecular flexibility index (Phi) is 2.87. The number of nitrogens with zero attached hydrogens (tertiary/aromatic N) is 3.